The van der Waals surface area contributed by atoms with Crippen LogP contribution in [0.2, 0.25) is 0 Å². The minimum Gasteiger partial charge on any atom is -0.387 e. The Morgan fingerprint density at radius 2 is 2.36 bits per heavy atom. The highest BCUT2D eigenvalue weighted by molar-refractivity contribution is 5.07. The molecule has 0 aromatic rings. The summed E-state index contributed by atoms with van der Waals surface area (Å²) in [6.07, 6.45) is 1.67. The van der Waals surface area contributed by atoms with Crippen LogP contribution in [-0.4, -0.2) is 36.1 Å². The van der Waals surface area contributed by atoms with E-state index < -0.39 is 6.10 Å². The van der Waals surface area contributed by atoms with Gasteiger partial charge >= 0.3 is 0 Å². The lowest BCUT2D eigenvalue weighted by Gasteiger charge is -2.30. The fraction of sp³-hybridized carbons (Fsp3) is 0.750. The number of ether oxygens (including phenoxy) is 2. The van der Waals surface area contributed by atoms with Crippen LogP contribution >= 0.6 is 0 Å². The second kappa shape index (κ2) is 2.30. The van der Waals surface area contributed by atoms with Crippen molar-refractivity contribution in [1.82, 2.24) is 0 Å². The minimum absolute atomic E-state index is 0.244. The van der Waals surface area contributed by atoms with Crippen LogP contribution in [0.4, 0.5) is 0 Å². The van der Waals surface area contributed by atoms with Crippen molar-refractivity contribution >= 4 is 0 Å². The van der Waals surface area contributed by atoms with Crippen molar-refractivity contribution in [3.63, 3.8) is 0 Å². The quantitative estimate of drug-likeness (QED) is 0.432. The molecule has 11 heavy (non-hydrogen) atoms. The Labute approximate surface area is 65.6 Å². The van der Waals surface area contributed by atoms with Crippen molar-refractivity contribution in [2.75, 3.05) is 13.2 Å². The molecule has 2 aliphatic rings. The van der Waals surface area contributed by atoms with Crippen molar-refractivity contribution in [3.8, 4) is 0 Å². The maximum Gasteiger partial charge on any atom is 0.122 e. The van der Waals surface area contributed by atoms with E-state index in [1.165, 1.54) is 0 Å². The topological polar surface area (TPSA) is 42.0 Å². The lowest BCUT2D eigenvalue weighted by Crippen LogP contribution is -2.46. The lowest BCUT2D eigenvalue weighted by atomic mass is 9.93. The number of hydrogen-bond donors (Lipinski definition) is 1. The van der Waals surface area contributed by atoms with Gasteiger partial charge in [0, 0.05) is 6.42 Å². The van der Waals surface area contributed by atoms with Crippen LogP contribution in [0.3, 0.4) is 0 Å². The van der Waals surface area contributed by atoms with Gasteiger partial charge in [-0.1, -0.05) is 6.08 Å². The van der Waals surface area contributed by atoms with Gasteiger partial charge in [-0.15, -0.1) is 6.58 Å². The zero-order valence-electron chi connectivity index (χ0n) is 6.32. The van der Waals surface area contributed by atoms with E-state index in [-0.39, 0.29) is 11.7 Å². The zero-order chi connectivity index (χ0) is 7.90. The summed E-state index contributed by atoms with van der Waals surface area (Å²) in [5.41, 5.74) is -0.281. The highest BCUT2D eigenvalue weighted by Crippen LogP contribution is 2.39. The molecule has 0 amide bonds. The largest absolute Gasteiger partial charge is 0.387 e. The monoisotopic (exact) mass is 156 g/mol. The van der Waals surface area contributed by atoms with E-state index in [0.717, 1.165) is 6.42 Å². The molecule has 2 heterocycles. The zero-order valence-corrected chi connectivity index (χ0v) is 6.32. The molecule has 0 aliphatic carbocycles. The van der Waals surface area contributed by atoms with Crippen LogP contribution in [0, 0.1) is 0 Å². The van der Waals surface area contributed by atoms with Gasteiger partial charge in [0.05, 0.1) is 13.2 Å². The predicted octanol–water partition coefficient (Wildman–Crippen LogP) is 0.0912. The summed E-state index contributed by atoms with van der Waals surface area (Å²) in [6, 6.07) is 0. The average molecular weight is 156 g/mol. The Morgan fingerprint density at radius 1 is 1.64 bits per heavy atom. The molecular formula is C8H12O3. The van der Waals surface area contributed by atoms with Crippen molar-refractivity contribution in [2.24, 2.45) is 0 Å². The predicted molar refractivity (Wildman–Crippen MR) is 39.2 cm³/mol. The van der Waals surface area contributed by atoms with Gasteiger partial charge in [-0.05, 0) is 0 Å². The van der Waals surface area contributed by atoms with Gasteiger partial charge in [-0.2, -0.15) is 0 Å². The van der Waals surface area contributed by atoms with E-state index >= 15 is 0 Å². The molecule has 0 saturated carbocycles. The van der Waals surface area contributed by atoms with Gasteiger partial charge in [-0.3, -0.25) is 0 Å². The molecule has 2 rings (SSSR count). The maximum atomic E-state index is 9.64. The fourth-order valence-electron chi connectivity index (χ4n) is 1.51. The summed E-state index contributed by atoms with van der Waals surface area (Å²) in [6.45, 7) is 4.92. The molecule has 2 aliphatic heterocycles. The summed E-state index contributed by atoms with van der Waals surface area (Å²) < 4.78 is 10.5. The second-order valence-corrected chi connectivity index (χ2v) is 3.12. The molecule has 3 nitrogen and oxygen atoms in total. The van der Waals surface area contributed by atoms with Crippen molar-refractivity contribution < 1.29 is 14.6 Å². The Kier molecular flexibility index (Phi) is 1.52. The lowest BCUT2D eigenvalue weighted by molar-refractivity contribution is -0.0928. The van der Waals surface area contributed by atoms with Gasteiger partial charge in [-0.25, -0.2) is 0 Å². The Morgan fingerprint density at radius 3 is 2.91 bits per heavy atom. The fourth-order valence-corrected chi connectivity index (χ4v) is 1.51. The molecule has 0 bridgehead atoms. The molecule has 0 aromatic carbocycles. The van der Waals surface area contributed by atoms with Gasteiger partial charge in [0.25, 0.3) is 0 Å². The van der Waals surface area contributed by atoms with Crippen LogP contribution in [0.25, 0.3) is 0 Å². The maximum absolute atomic E-state index is 9.64. The summed E-state index contributed by atoms with van der Waals surface area (Å²) in [7, 11) is 0. The van der Waals surface area contributed by atoms with Crippen LogP contribution in [-0.2, 0) is 9.47 Å². The Balaban J connectivity index is 2.09. The van der Waals surface area contributed by atoms with Gasteiger partial charge in [0.2, 0.25) is 0 Å². The minimum atomic E-state index is -0.520. The molecule has 0 unspecified atom stereocenters. The Bertz CT molecular complexity index is 174. The molecule has 1 spiro atoms. The number of aliphatic hydroxyl groups is 1. The third kappa shape index (κ3) is 1.00. The normalized spacial score (nSPS) is 49.2. The highest BCUT2D eigenvalue weighted by atomic mass is 16.6. The van der Waals surface area contributed by atoms with Crippen LogP contribution in [0.15, 0.2) is 12.7 Å². The van der Waals surface area contributed by atoms with Gasteiger partial charge < -0.3 is 14.6 Å². The van der Waals surface area contributed by atoms with Gasteiger partial charge in [0.15, 0.2) is 0 Å². The van der Waals surface area contributed by atoms with Crippen LogP contribution < -0.4 is 0 Å². The summed E-state index contributed by atoms with van der Waals surface area (Å²) in [4.78, 5) is 0. The number of rotatable bonds is 1. The van der Waals surface area contributed by atoms with Crippen LogP contribution in [0.1, 0.15) is 6.42 Å². The Hall–Kier alpha value is -0.380. The smallest absolute Gasteiger partial charge is 0.122 e. The summed E-state index contributed by atoms with van der Waals surface area (Å²) >= 11 is 0. The number of epoxide rings is 1. The molecule has 2 fully saturated rings. The molecule has 62 valence electrons. The number of hydrogen-bond acceptors (Lipinski definition) is 3. The third-order valence-electron chi connectivity index (χ3n) is 2.43. The van der Waals surface area contributed by atoms with E-state index in [2.05, 4.69) is 6.58 Å². The molecule has 0 radical (unpaired) electrons. The van der Waals surface area contributed by atoms with E-state index in [1.54, 1.807) is 6.08 Å². The number of aliphatic hydroxyl groups excluding tert-OH is 1. The molecule has 0 aromatic heterocycles. The second-order valence-electron chi connectivity index (χ2n) is 3.12. The van der Waals surface area contributed by atoms with Gasteiger partial charge in [0.1, 0.15) is 17.8 Å². The molecule has 2 saturated heterocycles. The third-order valence-corrected chi connectivity index (χ3v) is 2.43. The van der Waals surface area contributed by atoms with Crippen molar-refractivity contribution in [3.05, 3.63) is 12.7 Å². The van der Waals surface area contributed by atoms with Crippen molar-refractivity contribution in [1.29, 1.82) is 0 Å². The van der Waals surface area contributed by atoms with E-state index in [9.17, 15) is 5.11 Å². The average Bonchev–Trinajstić information content (AvgIpc) is 2.77. The first-order valence-corrected chi connectivity index (χ1v) is 3.85. The first kappa shape index (κ1) is 7.28. The first-order valence-electron chi connectivity index (χ1n) is 3.85. The van der Waals surface area contributed by atoms with Crippen molar-refractivity contribution in [2.45, 2.75) is 24.2 Å². The first-order chi connectivity index (χ1) is 5.28. The molecule has 3 atom stereocenters. The van der Waals surface area contributed by atoms with E-state index in [0.29, 0.717) is 13.2 Å². The molecule has 3 heteroatoms. The summed E-state index contributed by atoms with van der Waals surface area (Å²) in [5, 5.41) is 9.64. The molecule has 1 N–H and O–H groups in total. The van der Waals surface area contributed by atoms with Crippen LogP contribution in [0.5, 0.6) is 0 Å². The summed E-state index contributed by atoms with van der Waals surface area (Å²) in [5.74, 6) is 0. The molecular weight excluding hydrogens is 144 g/mol. The standard InChI is InChI=1S/C8H12O3/c1-2-6-7(9)8(5-11-8)3-4-10-6/h2,6-7,9H,1,3-5H2/t6-,7-,8-/m1/s1. The van der Waals surface area contributed by atoms with E-state index in [4.69, 9.17) is 9.47 Å². The SMILES string of the molecule is C=C[C@H]1OCC[C@@]2(CO2)[C@@H]1O. The van der Waals surface area contributed by atoms with E-state index in [1.807, 2.05) is 0 Å². The highest BCUT2D eigenvalue weighted by Gasteiger charge is 2.55.